The molecular formula is C10H10N6. The molecule has 0 atom stereocenters. The fourth-order valence-electron chi connectivity index (χ4n) is 1.41. The third-order valence-corrected chi connectivity index (χ3v) is 2.23. The minimum absolute atomic E-state index is 0.306. The Labute approximate surface area is 92.2 Å². The normalized spacial score (nSPS) is 9.81. The minimum Gasteiger partial charge on any atom is -0.272 e. The lowest BCUT2D eigenvalue weighted by Crippen LogP contribution is -1.96. The number of aromatic nitrogens is 3. The van der Waals surface area contributed by atoms with E-state index in [-0.39, 0.29) is 0 Å². The van der Waals surface area contributed by atoms with Crippen LogP contribution in [0.3, 0.4) is 0 Å². The van der Waals surface area contributed by atoms with E-state index in [4.69, 9.17) is 5.53 Å². The first-order valence-corrected chi connectivity index (χ1v) is 4.75. The van der Waals surface area contributed by atoms with Crippen molar-refractivity contribution in [1.82, 2.24) is 14.8 Å². The molecule has 0 radical (unpaired) electrons. The molecule has 0 N–H and O–H groups in total. The maximum absolute atomic E-state index is 8.26. The molecule has 80 valence electrons. The molecule has 0 aliphatic heterocycles. The van der Waals surface area contributed by atoms with Crippen molar-refractivity contribution in [2.45, 2.75) is 6.54 Å². The maximum Gasteiger partial charge on any atom is 0.0941 e. The number of hydrogen-bond acceptors (Lipinski definition) is 3. The number of aryl methyl sites for hydroxylation is 1. The molecule has 0 aliphatic rings. The Morgan fingerprint density at radius 1 is 1.56 bits per heavy atom. The second-order valence-electron chi connectivity index (χ2n) is 3.28. The SMILES string of the molecule is Cn1nc(-c2cccnc2)cc1CN=[N+]=[N-]. The van der Waals surface area contributed by atoms with Gasteiger partial charge in [0.25, 0.3) is 0 Å². The molecule has 0 aliphatic carbocycles. The molecule has 2 heterocycles. The summed E-state index contributed by atoms with van der Waals surface area (Å²) < 4.78 is 1.71. The Bertz CT molecular complexity index is 523. The molecular weight excluding hydrogens is 204 g/mol. The van der Waals surface area contributed by atoms with Crippen molar-refractivity contribution < 1.29 is 0 Å². The molecule has 0 bridgehead atoms. The molecule has 0 saturated carbocycles. The van der Waals surface area contributed by atoms with Crippen LogP contribution in [-0.2, 0) is 13.6 Å². The van der Waals surface area contributed by atoms with Gasteiger partial charge in [-0.15, -0.1) is 0 Å². The average molecular weight is 214 g/mol. The van der Waals surface area contributed by atoms with Crippen molar-refractivity contribution >= 4 is 0 Å². The molecule has 2 aromatic heterocycles. The second-order valence-corrected chi connectivity index (χ2v) is 3.28. The zero-order valence-corrected chi connectivity index (χ0v) is 8.78. The Morgan fingerprint density at radius 2 is 2.44 bits per heavy atom. The van der Waals surface area contributed by atoms with Gasteiger partial charge < -0.3 is 0 Å². The van der Waals surface area contributed by atoms with E-state index in [0.717, 1.165) is 17.0 Å². The predicted molar refractivity (Wildman–Crippen MR) is 59.3 cm³/mol. The minimum atomic E-state index is 0.306. The first-order valence-electron chi connectivity index (χ1n) is 4.75. The van der Waals surface area contributed by atoms with Crippen molar-refractivity contribution in [3.05, 3.63) is 46.7 Å². The van der Waals surface area contributed by atoms with Gasteiger partial charge in [0.1, 0.15) is 0 Å². The Balaban J connectivity index is 2.34. The van der Waals surface area contributed by atoms with Crippen LogP contribution < -0.4 is 0 Å². The molecule has 0 saturated heterocycles. The summed E-state index contributed by atoms with van der Waals surface area (Å²) in [5.41, 5.74) is 10.9. The van der Waals surface area contributed by atoms with E-state index in [1.807, 2.05) is 25.2 Å². The van der Waals surface area contributed by atoms with Crippen LogP contribution in [0.4, 0.5) is 0 Å². The first-order chi connectivity index (χ1) is 7.81. The monoisotopic (exact) mass is 214 g/mol. The van der Waals surface area contributed by atoms with Crippen molar-refractivity contribution in [3.63, 3.8) is 0 Å². The lowest BCUT2D eigenvalue weighted by molar-refractivity contribution is 0.713. The Morgan fingerprint density at radius 3 is 3.12 bits per heavy atom. The summed E-state index contributed by atoms with van der Waals surface area (Å²) in [6, 6.07) is 5.69. The smallest absolute Gasteiger partial charge is 0.0941 e. The first kappa shape index (κ1) is 10.2. The van der Waals surface area contributed by atoms with Gasteiger partial charge in [-0.2, -0.15) is 5.10 Å². The highest BCUT2D eigenvalue weighted by atomic mass is 15.3. The molecule has 16 heavy (non-hydrogen) atoms. The summed E-state index contributed by atoms with van der Waals surface area (Å²) in [5.74, 6) is 0. The Kier molecular flexibility index (Phi) is 2.84. The van der Waals surface area contributed by atoms with Gasteiger partial charge >= 0.3 is 0 Å². The van der Waals surface area contributed by atoms with E-state index >= 15 is 0 Å². The molecule has 0 spiro atoms. The van der Waals surface area contributed by atoms with Crippen LogP contribution in [0, 0.1) is 0 Å². The zero-order valence-electron chi connectivity index (χ0n) is 8.78. The van der Waals surface area contributed by atoms with Crippen molar-refractivity contribution in [2.24, 2.45) is 12.2 Å². The molecule has 0 aromatic carbocycles. The van der Waals surface area contributed by atoms with Gasteiger partial charge in [0.05, 0.1) is 12.2 Å². The fourth-order valence-corrected chi connectivity index (χ4v) is 1.41. The topological polar surface area (TPSA) is 79.5 Å². The van der Waals surface area contributed by atoms with E-state index in [2.05, 4.69) is 20.1 Å². The standard InChI is InChI=1S/C10H10N6/c1-16-9(7-13-15-11)5-10(14-16)8-3-2-4-12-6-8/h2-6H,7H2,1H3. The van der Waals surface area contributed by atoms with E-state index in [0.29, 0.717) is 6.54 Å². The molecule has 6 nitrogen and oxygen atoms in total. The van der Waals surface area contributed by atoms with Gasteiger partial charge in [-0.05, 0) is 23.7 Å². The average Bonchev–Trinajstić information content (AvgIpc) is 2.69. The van der Waals surface area contributed by atoms with Crippen LogP contribution in [-0.4, -0.2) is 14.8 Å². The van der Waals surface area contributed by atoms with Crippen LogP contribution in [0.25, 0.3) is 21.7 Å². The van der Waals surface area contributed by atoms with Gasteiger partial charge in [-0.1, -0.05) is 5.11 Å². The van der Waals surface area contributed by atoms with Gasteiger partial charge in [-0.3, -0.25) is 9.67 Å². The number of pyridine rings is 1. The summed E-state index contributed by atoms with van der Waals surface area (Å²) in [6.07, 6.45) is 3.47. The quantitative estimate of drug-likeness (QED) is 0.446. The van der Waals surface area contributed by atoms with Crippen LogP contribution in [0.1, 0.15) is 5.69 Å². The largest absolute Gasteiger partial charge is 0.272 e. The van der Waals surface area contributed by atoms with Gasteiger partial charge in [-0.25, -0.2) is 0 Å². The van der Waals surface area contributed by atoms with E-state index in [1.54, 1.807) is 17.1 Å². The van der Waals surface area contributed by atoms with E-state index in [1.165, 1.54) is 0 Å². The number of nitrogens with zero attached hydrogens (tertiary/aromatic N) is 6. The summed E-state index contributed by atoms with van der Waals surface area (Å²) in [5, 5.41) is 7.84. The van der Waals surface area contributed by atoms with Crippen LogP contribution in [0.2, 0.25) is 0 Å². The second kappa shape index (κ2) is 4.46. The molecule has 2 rings (SSSR count). The highest BCUT2D eigenvalue weighted by Crippen LogP contribution is 2.17. The number of rotatable bonds is 3. The predicted octanol–water partition coefficient (Wildman–Crippen LogP) is 2.29. The summed E-state index contributed by atoms with van der Waals surface area (Å²) >= 11 is 0. The third kappa shape index (κ3) is 2.02. The highest BCUT2D eigenvalue weighted by Gasteiger charge is 2.05. The number of azide groups is 1. The molecule has 2 aromatic rings. The summed E-state index contributed by atoms with van der Waals surface area (Å²) in [6.45, 7) is 0.306. The fraction of sp³-hybridized carbons (Fsp3) is 0.200. The van der Waals surface area contributed by atoms with Crippen LogP contribution >= 0.6 is 0 Å². The molecule has 6 heteroatoms. The lowest BCUT2D eigenvalue weighted by atomic mass is 10.2. The molecule has 0 fully saturated rings. The third-order valence-electron chi connectivity index (χ3n) is 2.23. The molecule has 0 amide bonds. The number of hydrogen-bond donors (Lipinski definition) is 0. The van der Waals surface area contributed by atoms with E-state index in [9.17, 15) is 0 Å². The Hall–Kier alpha value is -2.33. The molecule has 0 unspecified atom stereocenters. The van der Waals surface area contributed by atoms with Crippen LogP contribution in [0.15, 0.2) is 35.7 Å². The summed E-state index contributed by atoms with van der Waals surface area (Å²) in [4.78, 5) is 6.76. The van der Waals surface area contributed by atoms with Crippen molar-refractivity contribution in [2.75, 3.05) is 0 Å². The summed E-state index contributed by atoms with van der Waals surface area (Å²) in [7, 11) is 1.82. The maximum atomic E-state index is 8.26. The van der Waals surface area contributed by atoms with Gasteiger partial charge in [0, 0.05) is 35.6 Å². The van der Waals surface area contributed by atoms with Gasteiger partial charge in [0.2, 0.25) is 0 Å². The van der Waals surface area contributed by atoms with Gasteiger partial charge in [0.15, 0.2) is 0 Å². The lowest BCUT2D eigenvalue weighted by Gasteiger charge is -1.93. The van der Waals surface area contributed by atoms with E-state index < -0.39 is 0 Å². The van der Waals surface area contributed by atoms with Crippen molar-refractivity contribution in [3.8, 4) is 11.3 Å². The van der Waals surface area contributed by atoms with Crippen molar-refractivity contribution in [1.29, 1.82) is 0 Å². The van der Waals surface area contributed by atoms with Crippen LogP contribution in [0.5, 0.6) is 0 Å². The zero-order chi connectivity index (χ0) is 11.4. The highest BCUT2D eigenvalue weighted by molar-refractivity contribution is 5.57.